The molecule has 0 bridgehead atoms. The number of carbonyl (C=O) groups is 3. The van der Waals surface area contributed by atoms with Crippen LogP contribution < -0.4 is 16.0 Å². The van der Waals surface area contributed by atoms with Crippen molar-refractivity contribution in [3.05, 3.63) is 33.9 Å². The van der Waals surface area contributed by atoms with Gasteiger partial charge in [-0.25, -0.2) is 0 Å². The van der Waals surface area contributed by atoms with Gasteiger partial charge < -0.3 is 20.9 Å². The number of carbonyl (C=O) groups excluding carboxylic acids is 3. The van der Waals surface area contributed by atoms with Crippen molar-refractivity contribution < 1.29 is 14.4 Å². The zero-order valence-electron chi connectivity index (χ0n) is 19.4. The maximum Gasteiger partial charge on any atom is 0.268 e. The lowest BCUT2D eigenvalue weighted by Gasteiger charge is -2.28. The molecule has 1 aromatic heterocycles. The van der Waals surface area contributed by atoms with Gasteiger partial charge in [-0.05, 0) is 49.3 Å². The lowest BCUT2D eigenvalue weighted by atomic mass is 9.87. The number of nitriles is 1. The van der Waals surface area contributed by atoms with E-state index in [1.807, 2.05) is 20.8 Å². The van der Waals surface area contributed by atoms with Crippen LogP contribution in [0.4, 0.5) is 0 Å². The second-order valence-corrected chi connectivity index (χ2v) is 10.7. The summed E-state index contributed by atoms with van der Waals surface area (Å²) in [5.74, 6) is -1.37. The van der Waals surface area contributed by atoms with E-state index >= 15 is 0 Å². The van der Waals surface area contributed by atoms with Crippen LogP contribution in [0.3, 0.4) is 0 Å². The number of nitrogens with one attached hydrogen (secondary N) is 4. The standard InChI is InChI=1S/C24H29Cl2N5O3/c1-24(2,3)11-20(23(34)29-15(12-27)7-13-5-4-6-28-21(13)32)31-22(33)19-10-16-17(26)8-14(25)9-18(16)30-19/h8-10,13,15,20,30H,4-7,11H2,1-3H3,(H,28,32)(H,29,34)(H,31,33)/t13-,15-,20-/m0/s1. The average Bonchev–Trinajstić information content (AvgIpc) is 3.18. The van der Waals surface area contributed by atoms with Crippen LogP contribution in [-0.4, -0.2) is 41.3 Å². The Bertz CT molecular complexity index is 1130. The number of rotatable bonds is 7. The molecule has 182 valence electrons. The van der Waals surface area contributed by atoms with Crippen LogP contribution in [0.25, 0.3) is 10.9 Å². The van der Waals surface area contributed by atoms with Gasteiger partial charge in [0.2, 0.25) is 11.8 Å². The number of amides is 3. The summed E-state index contributed by atoms with van der Waals surface area (Å²) < 4.78 is 0. The number of benzene rings is 1. The smallest absolute Gasteiger partial charge is 0.268 e. The number of hydrogen-bond acceptors (Lipinski definition) is 4. The summed E-state index contributed by atoms with van der Waals surface area (Å²) >= 11 is 12.3. The van der Waals surface area contributed by atoms with E-state index in [0.29, 0.717) is 40.3 Å². The molecular weight excluding hydrogens is 477 g/mol. The molecule has 4 N–H and O–H groups in total. The van der Waals surface area contributed by atoms with E-state index in [9.17, 15) is 19.6 Å². The van der Waals surface area contributed by atoms with Crippen molar-refractivity contribution in [2.75, 3.05) is 6.54 Å². The van der Waals surface area contributed by atoms with Gasteiger partial charge in [-0.1, -0.05) is 44.0 Å². The molecule has 3 rings (SSSR count). The maximum atomic E-state index is 13.1. The molecule has 2 aromatic rings. The van der Waals surface area contributed by atoms with E-state index < -0.39 is 23.9 Å². The minimum Gasteiger partial charge on any atom is -0.356 e. The SMILES string of the molecule is CC(C)(C)C[C@H](NC(=O)c1cc2c(Cl)cc(Cl)cc2[nH]1)C(=O)N[C@H](C#N)C[C@@H]1CCCNC1=O. The van der Waals surface area contributed by atoms with Gasteiger partial charge >= 0.3 is 0 Å². The first-order valence-electron chi connectivity index (χ1n) is 11.2. The lowest BCUT2D eigenvalue weighted by molar-refractivity contribution is -0.128. The number of hydrogen-bond donors (Lipinski definition) is 4. The third-order valence-electron chi connectivity index (χ3n) is 5.73. The fraction of sp³-hybridized carbons (Fsp3) is 0.500. The summed E-state index contributed by atoms with van der Waals surface area (Å²) in [5, 5.41) is 19.4. The van der Waals surface area contributed by atoms with Crippen LogP contribution >= 0.6 is 23.2 Å². The first-order valence-corrected chi connectivity index (χ1v) is 12.0. The summed E-state index contributed by atoms with van der Waals surface area (Å²) in [6.45, 7) is 6.50. The molecule has 2 heterocycles. The van der Waals surface area contributed by atoms with E-state index in [1.165, 1.54) is 0 Å². The second kappa shape index (κ2) is 10.7. The van der Waals surface area contributed by atoms with E-state index in [-0.39, 0.29) is 29.4 Å². The Morgan fingerprint density at radius 2 is 1.97 bits per heavy atom. The number of nitrogens with zero attached hydrogens (tertiary/aromatic N) is 1. The Kier molecular flexibility index (Phi) is 8.11. The van der Waals surface area contributed by atoms with Gasteiger partial charge in [0.1, 0.15) is 17.8 Å². The predicted molar refractivity (Wildman–Crippen MR) is 132 cm³/mol. The van der Waals surface area contributed by atoms with Crippen molar-refractivity contribution >= 4 is 51.8 Å². The Balaban J connectivity index is 1.74. The first-order chi connectivity index (χ1) is 16.0. The zero-order valence-corrected chi connectivity index (χ0v) is 20.9. The molecule has 1 aromatic carbocycles. The molecule has 0 spiro atoms. The van der Waals surface area contributed by atoms with Crippen molar-refractivity contribution in [1.29, 1.82) is 5.26 Å². The molecule has 0 saturated carbocycles. The summed E-state index contributed by atoms with van der Waals surface area (Å²) in [7, 11) is 0. The number of halogens is 2. The molecule has 0 unspecified atom stereocenters. The van der Waals surface area contributed by atoms with Gasteiger partial charge in [-0.3, -0.25) is 14.4 Å². The van der Waals surface area contributed by atoms with Crippen molar-refractivity contribution in [3.8, 4) is 6.07 Å². The van der Waals surface area contributed by atoms with Crippen LogP contribution in [0.2, 0.25) is 10.0 Å². The van der Waals surface area contributed by atoms with Crippen molar-refractivity contribution in [3.63, 3.8) is 0 Å². The number of piperidine rings is 1. The molecule has 34 heavy (non-hydrogen) atoms. The number of H-pyrrole nitrogens is 1. The molecule has 0 aliphatic carbocycles. The van der Waals surface area contributed by atoms with E-state index in [1.54, 1.807) is 18.2 Å². The Labute approximate surface area is 208 Å². The van der Waals surface area contributed by atoms with Crippen molar-refractivity contribution in [2.24, 2.45) is 11.3 Å². The van der Waals surface area contributed by atoms with Crippen molar-refractivity contribution in [1.82, 2.24) is 20.9 Å². The molecule has 1 saturated heterocycles. The highest BCUT2D eigenvalue weighted by Crippen LogP contribution is 2.29. The second-order valence-electron chi connectivity index (χ2n) is 9.88. The minimum absolute atomic E-state index is 0.0992. The lowest BCUT2D eigenvalue weighted by Crippen LogP contribution is -2.51. The quantitative estimate of drug-likeness (QED) is 0.454. The Morgan fingerprint density at radius 1 is 1.24 bits per heavy atom. The minimum atomic E-state index is -0.881. The molecule has 3 atom stereocenters. The molecule has 1 aliphatic heterocycles. The molecule has 0 radical (unpaired) electrons. The highest BCUT2D eigenvalue weighted by Gasteiger charge is 2.31. The summed E-state index contributed by atoms with van der Waals surface area (Å²) in [5.41, 5.74) is 0.564. The van der Waals surface area contributed by atoms with Crippen LogP contribution in [0.5, 0.6) is 0 Å². The molecule has 8 nitrogen and oxygen atoms in total. The number of aromatic nitrogens is 1. The topological polar surface area (TPSA) is 127 Å². The molecule has 1 fully saturated rings. The van der Waals surface area contributed by atoms with Gasteiger partial charge in [-0.2, -0.15) is 5.26 Å². The Morgan fingerprint density at radius 3 is 2.62 bits per heavy atom. The normalized spacial score (nSPS) is 18.0. The number of aromatic amines is 1. The highest BCUT2D eigenvalue weighted by molar-refractivity contribution is 6.38. The largest absolute Gasteiger partial charge is 0.356 e. The predicted octanol–water partition coefficient (Wildman–Crippen LogP) is 3.93. The number of fused-ring (bicyclic) bond motifs is 1. The zero-order chi connectivity index (χ0) is 25.0. The summed E-state index contributed by atoms with van der Waals surface area (Å²) in [6.07, 6.45) is 2.09. The van der Waals surface area contributed by atoms with Gasteiger partial charge in [0.05, 0.1) is 11.1 Å². The third-order valence-corrected chi connectivity index (χ3v) is 6.26. The van der Waals surface area contributed by atoms with Crippen molar-refractivity contribution in [2.45, 2.75) is 58.5 Å². The first kappa shape index (κ1) is 25.9. The van der Waals surface area contributed by atoms with Gasteiger partial charge in [0.25, 0.3) is 5.91 Å². The fourth-order valence-electron chi connectivity index (χ4n) is 4.10. The molecule has 10 heteroatoms. The summed E-state index contributed by atoms with van der Waals surface area (Å²) in [6, 6.07) is 5.22. The molecular formula is C24H29Cl2N5O3. The van der Waals surface area contributed by atoms with Crippen LogP contribution in [-0.2, 0) is 9.59 Å². The fourth-order valence-corrected chi connectivity index (χ4v) is 4.65. The Hall–Kier alpha value is -2.76. The van der Waals surface area contributed by atoms with Crippen LogP contribution in [0.15, 0.2) is 18.2 Å². The third kappa shape index (κ3) is 6.64. The van der Waals surface area contributed by atoms with Gasteiger partial charge in [-0.15, -0.1) is 0 Å². The molecule has 3 amide bonds. The monoisotopic (exact) mass is 505 g/mol. The average molecular weight is 506 g/mol. The maximum absolute atomic E-state index is 13.1. The van der Waals surface area contributed by atoms with Crippen LogP contribution in [0, 0.1) is 22.7 Å². The summed E-state index contributed by atoms with van der Waals surface area (Å²) in [4.78, 5) is 41.2. The van der Waals surface area contributed by atoms with E-state index in [2.05, 4.69) is 27.0 Å². The van der Waals surface area contributed by atoms with Gasteiger partial charge in [0, 0.05) is 28.4 Å². The highest BCUT2D eigenvalue weighted by atomic mass is 35.5. The molecule has 1 aliphatic rings. The van der Waals surface area contributed by atoms with E-state index in [4.69, 9.17) is 23.2 Å². The van der Waals surface area contributed by atoms with Crippen LogP contribution in [0.1, 0.15) is 56.9 Å². The van der Waals surface area contributed by atoms with Gasteiger partial charge in [0.15, 0.2) is 0 Å². The van der Waals surface area contributed by atoms with E-state index in [0.717, 1.165) is 6.42 Å².